The van der Waals surface area contributed by atoms with Gasteiger partial charge in [-0.3, -0.25) is 4.79 Å². The van der Waals surface area contributed by atoms with Crippen molar-refractivity contribution < 1.29 is 9.47 Å². The van der Waals surface area contributed by atoms with Crippen molar-refractivity contribution in [1.29, 1.82) is 0 Å². The van der Waals surface area contributed by atoms with Gasteiger partial charge in [0.15, 0.2) is 5.82 Å². The summed E-state index contributed by atoms with van der Waals surface area (Å²) in [5.41, 5.74) is 4.02. The first-order chi connectivity index (χ1) is 17.3. The first-order valence-corrected chi connectivity index (χ1v) is 12.3. The van der Waals surface area contributed by atoms with Gasteiger partial charge in [-0.2, -0.15) is 9.78 Å². The lowest BCUT2D eigenvalue weighted by Crippen LogP contribution is -2.21. The summed E-state index contributed by atoms with van der Waals surface area (Å²) >= 11 is 0. The molecule has 6 heteroatoms. The van der Waals surface area contributed by atoms with Gasteiger partial charge >= 0.3 is 0 Å². The molecule has 0 unspecified atom stereocenters. The number of aromatic nitrogens is 2. The van der Waals surface area contributed by atoms with E-state index in [2.05, 4.69) is 31.9 Å². The molecule has 0 amide bonds. The van der Waals surface area contributed by atoms with Gasteiger partial charge in [0.25, 0.3) is 5.56 Å². The third-order valence-corrected chi connectivity index (χ3v) is 6.33. The molecule has 0 aliphatic rings. The Hall–Kier alpha value is -3.93. The maximum Gasteiger partial charge on any atom is 0.282 e. The fourth-order valence-electron chi connectivity index (χ4n) is 4.09. The second-order valence-electron chi connectivity index (χ2n) is 9.25. The number of ether oxygens (including phenoxy) is 2. The third-order valence-electron chi connectivity index (χ3n) is 6.33. The molecule has 6 nitrogen and oxygen atoms in total. The van der Waals surface area contributed by atoms with E-state index in [9.17, 15) is 4.79 Å². The van der Waals surface area contributed by atoms with Crippen LogP contribution < -0.4 is 15.0 Å². The van der Waals surface area contributed by atoms with Gasteiger partial charge in [-0.15, -0.1) is 0 Å². The van der Waals surface area contributed by atoms with Gasteiger partial charge in [0, 0.05) is 11.1 Å². The van der Waals surface area contributed by atoms with Crippen molar-refractivity contribution in [2.45, 2.75) is 53.1 Å². The van der Waals surface area contributed by atoms with Crippen LogP contribution in [0, 0.1) is 6.92 Å². The van der Waals surface area contributed by atoms with Crippen molar-refractivity contribution in [3.05, 3.63) is 87.7 Å². The molecule has 36 heavy (non-hydrogen) atoms. The Bertz CT molecular complexity index is 1470. The summed E-state index contributed by atoms with van der Waals surface area (Å²) in [6.45, 7) is 10.3. The number of hydrogen-bond acceptors (Lipinski definition) is 5. The number of aryl methyl sites for hydroxylation is 1. The summed E-state index contributed by atoms with van der Waals surface area (Å²) in [4.78, 5) is 18.6. The quantitative estimate of drug-likeness (QED) is 0.266. The van der Waals surface area contributed by atoms with Crippen molar-refractivity contribution in [2.24, 2.45) is 5.10 Å². The molecule has 186 valence electrons. The Labute approximate surface area is 212 Å². The molecule has 0 fully saturated rings. The van der Waals surface area contributed by atoms with Gasteiger partial charge in [-0.1, -0.05) is 45.0 Å². The minimum atomic E-state index is -0.228. The second-order valence-corrected chi connectivity index (χ2v) is 9.25. The smallest absolute Gasteiger partial charge is 0.282 e. The minimum absolute atomic E-state index is 0.0663. The normalized spacial score (nSPS) is 12.4. The van der Waals surface area contributed by atoms with Gasteiger partial charge in [0.1, 0.15) is 11.5 Å². The summed E-state index contributed by atoms with van der Waals surface area (Å²) in [7, 11) is 1.67. The van der Waals surface area contributed by atoms with E-state index in [1.165, 1.54) is 4.68 Å². The van der Waals surface area contributed by atoms with E-state index in [1.807, 2.05) is 62.4 Å². The summed E-state index contributed by atoms with van der Waals surface area (Å²) < 4.78 is 13.1. The van der Waals surface area contributed by atoms with Gasteiger partial charge in [-0.25, -0.2) is 4.98 Å². The van der Waals surface area contributed by atoms with Crippen LogP contribution in [0.3, 0.4) is 0 Å². The van der Waals surface area contributed by atoms with Crippen LogP contribution in [-0.2, 0) is 0 Å². The Morgan fingerprint density at radius 2 is 1.75 bits per heavy atom. The summed E-state index contributed by atoms with van der Waals surface area (Å²) in [5.74, 6) is 2.26. The molecule has 0 saturated carbocycles. The Morgan fingerprint density at radius 1 is 1.03 bits per heavy atom. The summed E-state index contributed by atoms with van der Waals surface area (Å²) in [6, 6.07) is 19.1. The topological polar surface area (TPSA) is 65.7 Å². The zero-order chi connectivity index (χ0) is 25.8. The summed E-state index contributed by atoms with van der Waals surface area (Å²) in [5, 5.41) is 5.17. The van der Waals surface area contributed by atoms with Gasteiger partial charge in [0.2, 0.25) is 0 Å². The molecule has 1 atom stereocenters. The van der Waals surface area contributed by atoms with E-state index in [4.69, 9.17) is 14.5 Å². The number of hydrogen-bond donors (Lipinski definition) is 0. The number of para-hydroxylation sites is 2. The average Bonchev–Trinajstić information content (AvgIpc) is 2.88. The van der Waals surface area contributed by atoms with Crippen molar-refractivity contribution >= 4 is 17.1 Å². The number of methoxy groups -OCH3 is 1. The predicted molar refractivity (Wildman–Crippen MR) is 147 cm³/mol. The van der Waals surface area contributed by atoms with Crippen LogP contribution in [0.5, 0.6) is 11.5 Å². The Kier molecular flexibility index (Phi) is 7.53. The summed E-state index contributed by atoms with van der Waals surface area (Å²) in [6.07, 6.45) is 2.62. The molecule has 0 spiro atoms. The standard InChI is InChI=1S/C30H33N3O3/c1-7-21(5)36-27-15-11-8-12-22(27)18-31-33-29(32-26-14-10-9-13-23(26)30(33)34)25-17-24(19(2)3)28(35-6)16-20(25)4/h8-19,21H,7H2,1-6H3/t21-/m1/s1. The molecular formula is C30H33N3O3. The predicted octanol–water partition coefficient (Wildman–Crippen LogP) is 6.56. The van der Waals surface area contributed by atoms with E-state index < -0.39 is 0 Å². The molecule has 1 aromatic heterocycles. The van der Waals surface area contributed by atoms with Crippen molar-refractivity contribution in [3.63, 3.8) is 0 Å². The fraction of sp³-hybridized carbons (Fsp3) is 0.300. The van der Waals surface area contributed by atoms with Crippen LogP contribution in [0.15, 0.2) is 70.6 Å². The highest BCUT2D eigenvalue weighted by molar-refractivity contribution is 5.84. The molecule has 3 aromatic carbocycles. The fourth-order valence-corrected chi connectivity index (χ4v) is 4.09. The zero-order valence-electron chi connectivity index (χ0n) is 21.8. The average molecular weight is 484 g/mol. The lowest BCUT2D eigenvalue weighted by Gasteiger charge is -2.17. The number of fused-ring (bicyclic) bond motifs is 1. The second kappa shape index (κ2) is 10.8. The Balaban J connectivity index is 1.94. The third kappa shape index (κ3) is 5.03. The van der Waals surface area contributed by atoms with E-state index in [1.54, 1.807) is 19.4 Å². The zero-order valence-corrected chi connectivity index (χ0v) is 21.8. The molecular weight excluding hydrogens is 450 g/mol. The molecule has 0 aliphatic heterocycles. The van der Waals surface area contributed by atoms with E-state index >= 15 is 0 Å². The SMILES string of the molecule is CC[C@@H](C)Oc1ccccc1C=Nn1c(-c2cc(C(C)C)c(OC)cc2C)nc2ccccc2c1=O. The van der Waals surface area contributed by atoms with Gasteiger partial charge < -0.3 is 9.47 Å². The van der Waals surface area contributed by atoms with E-state index in [0.29, 0.717) is 16.7 Å². The lowest BCUT2D eigenvalue weighted by molar-refractivity contribution is 0.217. The van der Waals surface area contributed by atoms with Crippen LogP contribution in [0.2, 0.25) is 0 Å². The van der Waals surface area contributed by atoms with Crippen LogP contribution in [0.4, 0.5) is 0 Å². The molecule has 1 heterocycles. The van der Waals surface area contributed by atoms with Crippen LogP contribution >= 0.6 is 0 Å². The number of rotatable bonds is 8. The molecule has 4 rings (SSSR count). The highest BCUT2D eigenvalue weighted by Crippen LogP contribution is 2.34. The van der Waals surface area contributed by atoms with Crippen molar-refractivity contribution in [2.75, 3.05) is 7.11 Å². The Morgan fingerprint density at radius 3 is 2.47 bits per heavy atom. The van der Waals surface area contributed by atoms with Crippen LogP contribution in [0.1, 0.15) is 56.7 Å². The van der Waals surface area contributed by atoms with Crippen molar-refractivity contribution in [3.8, 4) is 22.9 Å². The van der Waals surface area contributed by atoms with Gasteiger partial charge in [-0.05, 0) is 73.7 Å². The largest absolute Gasteiger partial charge is 0.496 e. The maximum atomic E-state index is 13.7. The molecule has 0 radical (unpaired) electrons. The highest BCUT2D eigenvalue weighted by atomic mass is 16.5. The van der Waals surface area contributed by atoms with Crippen LogP contribution in [-0.4, -0.2) is 29.1 Å². The maximum absolute atomic E-state index is 13.7. The minimum Gasteiger partial charge on any atom is -0.496 e. The van der Waals surface area contributed by atoms with Gasteiger partial charge in [0.05, 0.1) is 30.3 Å². The van der Waals surface area contributed by atoms with Crippen molar-refractivity contribution in [1.82, 2.24) is 9.66 Å². The van der Waals surface area contributed by atoms with Crippen LogP contribution in [0.25, 0.3) is 22.3 Å². The molecule has 0 N–H and O–H groups in total. The number of benzene rings is 3. The first kappa shape index (κ1) is 25.2. The van der Waals surface area contributed by atoms with E-state index in [-0.39, 0.29) is 17.6 Å². The monoisotopic (exact) mass is 483 g/mol. The van der Waals surface area contributed by atoms with E-state index in [0.717, 1.165) is 40.2 Å². The first-order valence-electron chi connectivity index (χ1n) is 12.3. The molecule has 0 bridgehead atoms. The molecule has 0 aliphatic carbocycles. The number of nitrogens with zero attached hydrogens (tertiary/aromatic N) is 3. The lowest BCUT2D eigenvalue weighted by atomic mass is 9.96. The molecule has 4 aromatic rings. The molecule has 0 saturated heterocycles. The highest BCUT2D eigenvalue weighted by Gasteiger charge is 2.18.